The Morgan fingerprint density at radius 2 is 2.04 bits per heavy atom. The predicted octanol–water partition coefficient (Wildman–Crippen LogP) is 3.06. The third-order valence-electron chi connectivity index (χ3n) is 4.27. The highest BCUT2D eigenvalue weighted by molar-refractivity contribution is 5.79. The Morgan fingerprint density at radius 3 is 2.76 bits per heavy atom. The molecule has 5 nitrogen and oxygen atoms in total. The van der Waals surface area contributed by atoms with E-state index in [-0.39, 0.29) is 6.10 Å². The molecule has 1 heterocycles. The SMILES string of the molecule is CN=C(NCCCOC(C)c1ccccc1)NCCC1=CCOCC1. The number of nitrogens with one attached hydrogen (secondary N) is 2. The van der Waals surface area contributed by atoms with E-state index in [0.717, 1.165) is 58.1 Å². The quantitative estimate of drug-likeness (QED) is 0.313. The number of rotatable bonds is 9. The lowest BCUT2D eigenvalue weighted by Crippen LogP contribution is -2.38. The van der Waals surface area contributed by atoms with E-state index in [9.17, 15) is 0 Å². The summed E-state index contributed by atoms with van der Waals surface area (Å²) in [6.45, 7) is 6.16. The highest BCUT2D eigenvalue weighted by Gasteiger charge is 2.05. The van der Waals surface area contributed by atoms with Crippen molar-refractivity contribution >= 4 is 5.96 Å². The fourth-order valence-electron chi connectivity index (χ4n) is 2.71. The van der Waals surface area contributed by atoms with Gasteiger partial charge in [-0.3, -0.25) is 4.99 Å². The van der Waals surface area contributed by atoms with Gasteiger partial charge in [-0.15, -0.1) is 0 Å². The normalized spacial score (nSPS) is 16.2. The maximum atomic E-state index is 5.88. The van der Waals surface area contributed by atoms with Crippen LogP contribution in [0, 0.1) is 0 Å². The summed E-state index contributed by atoms with van der Waals surface area (Å²) >= 11 is 0. The second-order valence-electron chi connectivity index (χ2n) is 6.14. The smallest absolute Gasteiger partial charge is 0.190 e. The van der Waals surface area contributed by atoms with Crippen LogP contribution in [0.2, 0.25) is 0 Å². The van der Waals surface area contributed by atoms with E-state index in [1.54, 1.807) is 7.05 Å². The third-order valence-corrected chi connectivity index (χ3v) is 4.27. The first-order valence-corrected chi connectivity index (χ1v) is 9.16. The Labute approximate surface area is 151 Å². The lowest BCUT2D eigenvalue weighted by molar-refractivity contribution is 0.0646. The number of benzene rings is 1. The molecule has 0 saturated heterocycles. The molecule has 1 aromatic rings. The summed E-state index contributed by atoms with van der Waals surface area (Å²) in [5, 5.41) is 6.69. The first-order chi connectivity index (χ1) is 12.3. The average Bonchev–Trinajstić information content (AvgIpc) is 2.67. The average molecular weight is 345 g/mol. The van der Waals surface area contributed by atoms with Gasteiger partial charge in [0, 0.05) is 26.7 Å². The van der Waals surface area contributed by atoms with Gasteiger partial charge in [0.2, 0.25) is 0 Å². The predicted molar refractivity (Wildman–Crippen MR) is 103 cm³/mol. The van der Waals surface area contributed by atoms with Crippen molar-refractivity contribution in [1.82, 2.24) is 10.6 Å². The van der Waals surface area contributed by atoms with E-state index < -0.39 is 0 Å². The summed E-state index contributed by atoms with van der Waals surface area (Å²) < 4.78 is 11.2. The monoisotopic (exact) mass is 345 g/mol. The Balaban J connectivity index is 1.54. The fourth-order valence-corrected chi connectivity index (χ4v) is 2.71. The van der Waals surface area contributed by atoms with Crippen LogP contribution in [-0.2, 0) is 9.47 Å². The summed E-state index contributed by atoms with van der Waals surface area (Å²) in [6, 6.07) is 10.3. The standard InChI is InChI=1S/C20H31N3O2/c1-17(19-7-4-3-5-8-19)25-14-6-12-22-20(21-2)23-13-9-18-10-15-24-16-11-18/h3-5,7-8,10,17H,6,9,11-16H2,1-2H3,(H2,21,22,23). The second-order valence-corrected chi connectivity index (χ2v) is 6.14. The third kappa shape index (κ3) is 7.71. The van der Waals surface area contributed by atoms with Crippen molar-refractivity contribution < 1.29 is 9.47 Å². The minimum atomic E-state index is 0.131. The number of hydrogen-bond donors (Lipinski definition) is 2. The van der Waals surface area contributed by atoms with Crippen LogP contribution < -0.4 is 10.6 Å². The molecule has 1 aliphatic rings. The molecule has 1 atom stereocenters. The molecule has 0 aliphatic carbocycles. The molecule has 0 bridgehead atoms. The molecule has 25 heavy (non-hydrogen) atoms. The van der Waals surface area contributed by atoms with Crippen LogP contribution in [0.15, 0.2) is 47.0 Å². The van der Waals surface area contributed by atoms with Crippen LogP contribution in [0.3, 0.4) is 0 Å². The van der Waals surface area contributed by atoms with Gasteiger partial charge in [0.1, 0.15) is 0 Å². The number of hydrogen-bond acceptors (Lipinski definition) is 3. The van der Waals surface area contributed by atoms with Crippen molar-refractivity contribution in [3.8, 4) is 0 Å². The number of aliphatic imine (C=N–C) groups is 1. The van der Waals surface area contributed by atoms with Crippen molar-refractivity contribution in [3.05, 3.63) is 47.5 Å². The van der Waals surface area contributed by atoms with Gasteiger partial charge >= 0.3 is 0 Å². The molecule has 138 valence electrons. The molecule has 0 spiro atoms. The molecule has 2 N–H and O–H groups in total. The number of ether oxygens (including phenoxy) is 2. The zero-order chi connectivity index (χ0) is 17.7. The van der Waals surface area contributed by atoms with Crippen molar-refractivity contribution in [3.63, 3.8) is 0 Å². The molecule has 0 saturated carbocycles. The van der Waals surface area contributed by atoms with E-state index in [2.05, 4.69) is 40.8 Å². The first-order valence-electron chi connectivity index (χ1n) is 9.16. The summed E-state index contributed by atoms with van der Waals surface area (Å²) in [6.07, 6.45) is 5.35. The van der Waals surface area contributed by atoms with Gasteiger partial charge in [-0.1, -0.05) is 42.0 Å². The largest absolute Gasteiger partial charge is 0.377 e. The van der Waals surface area contributed by atoms with Crippen LogP contribution in [0.4, 0.5) is 0 Å². The van der Waals surface area contributed by atoms with E-state index in [1.165, 1.54) is 11.1 Å². The molecule has 1 aromatic carbocycles. The molecule has 1 unspecified atom stereocenters. The number of nitrogens with zero attached hydrogens (tertiary/aromatic N) is 1. The zero-order valence-corrected chi connectivity index (χ0v) is 15.5. The van der Waals surface area contributed by atoms with E-state index in [1.807, 2.05) is 18.2 Å². The van der Waals surface area contributed by atoms with Crippen LogP contribution in [-0.4, -0.2) is 45.9 Å². The molecule has 0 fully saturated rings. The van der Waals surface area contributed by atoms with E-state index in [4.69, 9.17) is 9.47 Å². The molecule has 0 aromatic heterocycles. The highest BCUT2D eigenvalue weighted by atomic mass is 16.5. The Morgan fingerprint density at radius 1 is 1.24 bits per heavy atom. The number of guanidine groups is 1. The summed E-state index contributed by atoms with van der Waals surface area (Å²) in [4.78, 5) is 4.26. The van der Waals surface area contributed by atoms with Crippen molar-refractivity contribution in [2.24, 2.45) is 4.99 Å². The van der Waals surface area contributed by atoms with Gasteiger partial charge in [-0.25, -0.2) is 0 Å². The fraction of sp³-hybridized carbons (Fsp3) is 0.550. The van der Waals surface area contributed by atoms with Crippen LogP contribution >= 0.6 is 0 Å². The van der Waals surface area contributed by atoms with Gasteiger partial charge in [0.15, 0.2) is 5.96 Å². The zero-order valence-electron chi connectivity index (χ0n) is 15.5. The Hall–Kier alpha value is -1.85. The molecule has 5 heteroatoms. The Bertz CT molecular complexity index is 543. The molecule has 0 radical (unpaired) electrons. The minimum absolute atomic E-state index is 0.131. The molecule has 2 rings (SSSR count). The maximum Gasteiger partial charge on any atom is 0.190 e. The highest BCUT2D eigenvalue weighted by Crippen LogP contribution is 2.15. The van der Waals surface area contributed by atoms with Gasteiger partial charge in [0.05, 0.1) is 19.3 Å². The lowest BCUT2D eigenvalue weighted by atomic mass is 10.1. The topological polar surface area (TPSA) is 54.9 Å². The molecular weight excluding hydrogens is 314 g/mol. The minimum Gasteiger partial charge on any atom is -0.377 e. The molecular formula is C20H31N3O2. The first kappa shape index (κ1) is 19.5. The van der Waals surface area contributed by atoms with Gasteiger partial charge in [-0.05, 0) is 31.7 Å². The Kier molecular flexibility index (Phi) is 9.08. The van der Waals surface area contributed by atoms with Crippen molar-refractivity contribution in [2.45, 2.75) is 32.3 Å². The summed E-state index contributed by atoms with van der Waals surface area (Å²) in [5.41, 5.74) is 2.69. The summed E-state index contributed by atoms with van der Waals surface area (Å²) in [7, 11) is 1.80. The van der Waals surface area contributed by atoms with Crippen LogP contribution in [0.25, 0.3) is 0 Å². The van der Waals surface area contributed by atoms with Crippen LogP contribution in [0.1, 0.15) is 37.9 Å². The van der Waals surface area contributed by atoms with Gasteiger partial charge < -0.3 is 20.1 Å². The molecule has 0 amide bonds. The lowest BCUT2D eigenvalue weighted by Gasteiger charge is -2.16. The van der Waals surface area contributed by atoms with Crippen LogP contribution in [0.5, 0.6) is 0 Å². The van der Waals surface area contributed by atoms with E-state index >= 15 is 0 Å². The van der Waals surface area contributed by atoms with Gasteiger partial charge in [0.25, 0.3) is 0 Å². The maximum absolute atomic E-state index is 5.88. The van der Waals surface area contributed by atoms with Crippen molar-refractivity contribution in [2.75, 3.05) is 40.0 Å². The van der Waals surface area contributed by atoms with Crippen molar-refractivity contribution in [1.29, 1.82) is 0 Å². The second kappa shape index (κ2) is 11.7. The molecule has 1 aliphatic heterocycles. The van der Waals surface area contributed by atoms with Gasteiger partial charge in [-0.2, -0.15) is 0 Å². The summed E-state index contributed by atoms with van der Waals surface area (Å²) in [5.74, 6) is 0.851. The van der Waals surface area contributed by atoms with E-state index in [0.29, 0.717) is 0 Å².